The van der Waals surface area contributed by atoms with Crippen molar-refractivity contribution in [3.63, 3.8) is 0 Å². The van der Waals surface area contributed by atoms with Gasteiger partial charge >= 0.3 is 0 Å². The molecule has 0 aromatic rings. The van der Waals surface area contributed by atoms with Gasteiger partial charge in [-0.05, 0) is 191 Å². The Kier molecular flexibility index (Phi) is 23.6. The van der Waals surface area contributed by atoms with Crippen molar-refractivity contribution < 1.29 is 76.7 Å². The molecule has 15 rings (SSSR count). The Morgan fingerprint density at radius 2 is 0.383 bits per heavy atom. The summed E-state index contributed by atoms with van der Waals surface area (Å²) in [7, 11) is 0. The molecule has 15 aliphatic rings. The minimum atomic E-state index is -1.11. The van der Waals surface area contributed by atoms with Gasteiger partial charge in [-0.25, -0.2) is 0 Å². The summed E-state index contributed by atoms with van der Waals surface area (Å²) >= 11 is 0. The van der Waals surface area contributed by atoms with Crippen LogP contribution in [0.2, 0.25) is 0 Å². The molecule has 15 heterocycles. The van der Waals surface area contributed by atoms with Gasteiger partial charge in [0, 0.05) is 115 Å². The third-order valence-corrected chi connectivity index (χ3v) is 28.0. The van der Waals surface area contributed by atoms with E-state index in [0.29, 0.717) is 167 Å². The summed E-state index contributed by atoms with van der Waals surface area (Å²) < 4.78 is 0. The van der Waals surface area contributed by atoms with E-state index in [4.69, 9.17) is 11.3 Å². The topological polar surface area (TPSA) is 445 Å². The second kappa shape index (κ2) is 33.8. The number of nitrogens with zero attached hydrogens (tertiary/aromatic N) is 21. The molecule has 0 spiro atoms. The molecule has 0 aromatic carbocycles. The summed E-state index contributed by atoms with van der Waals surface area (Å²) in [6, 6.07) is -15.3. The number of azide groups is 2. The SMILES string of the molecule is CC(=O)N1C[C@@H](N=[N+]=[N-])C[C@H]1C(=O)N1CCC[C@H]1C(=O)N1CCC[C@H]1C(=O)N1CCC[C@H]1C(=O)N1CCC[C@H]1C(=O)N1CCC[C@H]1C(=O)N1CCC[C@H]1C(=O)N1CCC[C@H]1C(=O)N1CCC[C@H]1C(=O)N1CCC[C@H]1C(=O)N1CCC[C@H]1C(=O)N1CCC[C@H]1C(=O)N1C[C@@H](N=[N+]=[N-])C[C@H]1C(=O)N1CCC[C@H]1C(=O)N1CCC[C@H]1C(N)=O. The van der Waals surface area contributed by atoms with Crippen molar-refractivity contribution in [2.24, 2.45) is 16.0 Å². The molecule has 15 saturated heterocycles. The van der Waals surface area contributed by atoms with Crippen LogP contribution in [-0.4, -0.2) is 369 Å². The number of likely N-dealkylation sites (tertiary alicyclic amines) is 15. The Morgan fingerprint density at radius 1 is 0.235 bits per heavy atom. The maximum Gasteiger partial charge on any atom is 0.246 e. The van der Waals surface area contributed by atoms with Crippen LogP contribution in [-0.2, 0) is 76.7 Å². The Morgan fingerprint density at radius 3 is 0.557 bits per heavy atom. The zero-order valence-electron chi connectivity index (χ0n) is 65.7. The van der Waals surface area contributed by atoms with E-state index in [0.717, 1.165) is 0 Å². The maximum atomic E-state index is 15.1. The quantitative estimate of drug-likeness (QED) is 0.113. The zero-order chi connectivity index (χ0) is 80.9. The second-order valence-electron chi connectivity index (χ2n) is 34.3. The highest BCUT2D eigenvalue weighted by Crippen LogP contribution is 2.39. The molecule has 622 valence electrons. The minimum Gasteiger partial charge on any atom is -0.368 e. The third-order valence-electron chi connectivity index (χ3n) is 28.0. The first-order valence-electron chi connectivity index (χ1n) is 42.4. The lowest BCUT2D eigenvalue weighted by molar-refractivity contribution is -0.156. The number of hydrogen-bond acceptors (Lipinski definition) is 18. The van der Waals surface area contributed by atoms with Crippen LogP contribution >= 0.6 is 0 Å². The fraction of sp³-hybridized carbons (Fsp3) is 0.792. The number of carbonyl (C=O) groups excluding carboxylic acids is 16. The highest BCUT2D eigenvalue weighted by atomic mass is 16.2. The molecule has 0 aliphatic carbocycles. The van der Waals surface area contributed by atoms with Crippen LogP contribution in [0.3, 0.4) is 0 Å². The first-order valence-corrected chi connectivity index (χ1v) is 42.4. The molecule has 17 atom stereocenters. The van der Waals surface area contributed by atoms with Crippen LogP contribution in [0.15, 0.2) is 10.2 Å². The molecule has 0 unspecified atom stereocenters. The summed E-state index contributed by atoms with van der Waals surface area (Å²) in [4.78, 5) is 260. The van der Waals surface area contributed by atoms with E-state index in [2.05, 4.69) is 20.1 Å². The Hall–Kier alpha value is -9.86. The average molecular weight is 1600 g/mol. The highest BCUT2D eigenvalue weighted by Gasteiger charge is 2.57. The van der Waals surface area contributed by atoms with Gasteiger partial charge < -0.3 is 79.2 Å². The number of carbonyl (C=O) groups is 16. The molecule has 15 aliphatic heterocycles. The van der Waals surface area contributed by atoms with Gasteiger partial charge in [-0.2, -0.15) is 0 Å². The molecule has 15 fully saturated rings. The van der Waals surface area contributed by atoms with Crippen LogP contribution in [0, 0.1) is 0 Å². The summed E-state index contributed by atoms with van der Waals surface area (Å²) in [6.07, 6.45) is 11.0. The van der Waals surface area contributed by atoms with Gasteiger partial charge in [0.2, 0.25) is 94.5 Å². The summed E-state index contributed by atoms with van der Waals surface area (Å²) in [5, 5.41) is 7.66. The lowest BCUT2D eigenvalue weighted by Crippen LogP contribution is -2.60. The molecule has 38 nitrogen and oxygen atoms in total. The molecular weight excluding hydrogens is 1490 g/mol. The van der Waals surface area contributed by atoms with Gasteiger partial charge in [0.1, 0.15) is 90.6 Å². The fourth-order valence-electron chi connectivity index (χ4n) is 22.5. The lowest BCUT2D eigenvalue weighted by Gasteiger charge is -2.38. The third kappa shape index (κ3) is 14.9. The molecule has 0 bridgehead atoms. The Bertz CT molecular complexity index is 4060. The molecule has 0 aromatic heterocycles. The molecule has 0 saturated carbocycles. The molecule has 2 N–H and O–H groups in total. The standard InChI is InChI=1S/C77H108N22O16/c1-45(100)98-43-46(81-83-79)41-61(98)76(114)96-39-13-26-59(96)74(112)94-37-10-24-57(94)72(110)92-35-8-22-55(92)70(108)90-33-6-20-53(90)68(106)88-31-4-18-51(88)66(104)86-29-3-17-50(86)65(103)87-30-5-19-52(87)67(105)89-32-7-21-54(89)69(107)91-34-9-23-56(91)71(109)93-36-11-25-58(93)73(111)95-38-14-27-60(95)75(113)99-44-47(82-84-80)42-62(99)77(115)97-40-12-16-49(97)64(102)85-28-2-15-48(85)63(78)101/h46-62H,2-44H2,1H3,(H2,78,101)/t46-,47-,48-,49-,50-,51-,52-,53-,54-,55-,56-,57-,58-,59-,60-,61-,62-/m0/s1. The molecule has 0 radical (unpaired) electrons. The minimum absolute atomic E-state index is 0.00164. The average Bonchev–Trinajstić information content (AvgIpc) is 1.64. The number of primary amides is 1. The first kappa shape index (κ1) is 80.3. The van der Waals surface area contributed by atoms with Crippen molar-refractivity contribution in [2.75, 3.05) is 98.2 Å². The predicted molar refractivity (Wildman–Crippen MR) is 403 cm³/mol. The summed E-state index contributed by atoms with van der Waals surface area (Å²) in [5.41, 5.74) is 24.3. The van der Waals surface area contributed by atoms with E-state index in [1.165, 1.54) is 65.7 Å². The highest BCUT2D eigenvalue weighted by molar-refractivity contribution is 6.02. The number of rotatable bonds is 17. The van der Waals surface area contributed by atoms with Gasteiger partial charge in [-0.1, -0.05) is 10.2 Å². The van der Waals surface area contributed by atoms with E-state index >= 15 is 24.0 Å². The van der Waals surface area contributed by atoms with Crippen molar-refractivity contribution >= 4 is 94.5 Å². The molecule has 16 amide bonds. The summed E-state index contributed by atoms with van der Waals surface area (Å²) in [5.74, 6) is -6.75. The lowest BCUT2D eigenvalue weighted by atomic mass is 10.1. The predicted octanol–water partition coefficient (Wildman–Crippen LogP) is -0.0658. The molecule has 115 heavy (non-hydrogen) atoms. The monoisotopic (exact) mass is 1600 g/mol. The van der Waals surface area contributed by atoms with Crippen molar-refractivity contribution in [3.8, 4) is 0 Å². The smallest absolute Gasteiger partial charge is 0.246 e. The van der Waals surface area contributed by atoms with Crippen LogP contribution < -0.4 is 5.73 Å². The number of hydrogen-bond donors (Lipinski definition) is 1. The van der Waals surface area contributed by atoms with Crippen LogP contribution in [0.1, 0.15) is 187 Å². The molecule has 38 heteroatoms. The van der Waals surface area contributed by atoms with Gasteiger partial charge in [0.05, 0.1) is 12.1 Å². The maximum absolute atomic E-state index is 15.1. The fourth-order valence-corrected chi connectivity index (χ4v) is 22.5. The first-order chi connectivity index (χ1) is 55.5. The van der Waals surface area contributed by atoms with Crippen molar-refractivity contribution in [1.29, 1.82) is 0 Å². The number of nitrogens with two attached hydrogens (primary N) is 1. The van der Waals surface area contributed by atoms with Gasteiger partial charge in [0.15, 0.2) is 0 Å². The van der Waals surface area contributed by atoms with Crippen molar-refractivity contribution in [1.82, 2.24) is 73.5 Å². The van der Waals surface area contributed by atoms with E-state index in [9.17, 15) is 58.3 Å². The Balaban J connectivity index is 0.553. The zero-order valence-corrected chi connectivity index (χ0v) is 65.7. The van der Waals surface area contributed by atoms with Crippen LogP contribution in [0.25, 0.3) is 20.9 Å². The summed E-state index contributed by atoms with van der Waals surface area (Å²) in [6.45, 7) is 4.54. The van der Waals surface area contributed by atoms with Crippen molar-refractivity contribution in [3.05, 3.63) is 20.9 Å². The van der Waals surface area contributed by atoms with E-state index in [-0.39, 0.29) is 146 Å². The normalized spacial score (nSPS) is 32.7. The van der Waals surface area contributed by atoms with E-state index in [1.807, 2.05) is 0 Å². The van der Waals surface area contributed by atoms with Gasteiger partial charge in [-0.15, -0.1) is 0 Å². The Labute approximate surface area is 666 Å². The second-order valence-corrected chi connectivity index (χ2v) is 34.3. The van der Waals surface area contributed by atoms with Gasteiger partial charge in [0.25, 0.3) is 0 Å². The number of amides is 16. The van der Waals surface area contributed by atoms with Gasteiger partial charge in [-0.3, -0.25) is 76.7 Å². The largest absolute Gasteiger partial charge is 0.368 e. The van der Waals surface area contributed by atoms with Crippen molar-refractivity contribution in [2.45, 2.75) is 289 Å². The van der Waals surface area contributed by atoms with Crippen LogP contribution in [0.4, 0.5) is 0 Å². The molecular formula is C77H108N22O16. The van der Waals surface area contributed by atoms with E-state index < -0.39 is 162 Å². The van der Waals surface area contributed by atoms with E-state index in [1.54, 1.807) is 14.7 Å². The van der Waals surface area contributed by atoms with Crippen LogP contribution in [0.5, 0.6) is 0 Å².